The predicted molar refractivity (Wildman–Crippen MR) is 84.0 cm³/mol. The Morgan fingerprint density at radius 3 is 2.59 bits per heavy atom. The quantitative estimate of drug-likeness (QED) is 0.831. The second-order valence-corrected chi connectivity index (χ2v) is 4.80. The van der Waals surface area contributed by atoms with E-state index in [0.29, 0.717) is 34.1 Å². The lowest BCUT2D eigenvalue weighted by molar-refractivity contribution is -0.118. The molecule has 0 unspecified atom stereocenters. The fourth-order valence-corrected chi connectivity index (χ4v) is 1.94. The summed E-state index contributed by atoms with van der Waals surface area (Å²) < 4.78 is 10.4. The molecular weight excluding hydrogens is 306 g/mol. The summed E-state index contributed by atoms with van der Waals surface area (Å²) in [5.41, 5.74) is 0.922. The summed E-state index contributed by atoms with van der Waals surface area (Å²) in [7, 11) is 1.57. The van der Waals surface area contributed by atoms with Crippen LogP contribution in [0.15, 0.2) is 42.5 Å². The van der Waals surface area contributed by atoms with Crippen molar-refractivity contribution in [2.24, 2.45) is 0 Å². The summed E-state index contributed by atoms with van der Waals surface area (Å²) in [4.78, 5) is 22.7. The van der Waals surface area contributed by atoms with E-state index in [2.05, 4.69) is 5.32 Å². The number of methoxy groups -OCH3 is 1. The number of halogens is 1. The van der Waals surface area contributed by atoms with Crippen LogP contribution in [0.1, 0.15) is 10.4 Å². The minimum atomic E-state index is -0.336. The van der Waals surface area contributed by atoms with Crippen LogP contribution in [0.25, 0.3) is 0 Å². The number of benzene rings is 2. The fraction of sp³-hybridized carbons (Fsp3) is 0.125. The minimum Gasteiger partial charge on any atom is -0.497 e. The first kappa shape index (κ1) is 15.9. The summed E-state index contributed by atoms with van der Waals surface area (Å²) in [5.74, 6) is 0.673. The molecule has 2 aromatic rings. The maximum atomic E-state index is 11.8. The summed E-state index contributed by atoms with van der Waals surface area (Å²) >= 11 is 5.79. The van der Waals surface area contributed by atoms with E-state index in [4.69, 9.17) is 21.1 Å². The molecule has 22 heavy (non-hydrogen) atoms. The molecule has 114 valence electrons. The lowest BCUT2D eigenvalue weighted by Gasteiger charge is -2.09. The van der Waals surface area contributed by atoms with Gasteiger partial charge >= 0.3 is 0 Å². The van der Waals surface area contributed by atoms with Gasteiger partial charge in [-0.15, -0.1) is 0 Å². The zero-order valence-corrected chi connectivity index (χ0v) is 12.6. The van der Waals surface area contributed by atoms with Gasteiger partial charge in [0.15, 0.2) is 12.9 Å². The molecule has 0 aliphatic rings. The number of rotatable bonds is 6. The summed E-state index contributed by atoms with van der Waals surface area (Å²) in [6, 6.07) is 11.5. The van der Waals surface area contributed by atoms with Crippen molar-refractivity contribution in [2.75, 3.05) is 19.0 Å². The molecule has 2 rings (SSSR count). The molecule has 0 saturated heterocycles. The van der Waals surface area contributed by atoms with Crippen LogP contribution in [0.5, 0.6) is 11.5 Å². The molecule has 0 aliphatic carbocycles. The normalized spacial score (nSPS) is 9.91. The average molecular weight is 320 g/mol. The molecule has 0 fully saturated rings. The molecule has 1 amide bonds. The number of nitrogens with one attached hydrogen (secondary N) is 1. The molecule has 0 aromatic heterocycles. The Kier molecular flexibility index (Phi) is 5.38. The Hall–Kier alpha value is -2.53. The highest BCUT2D eigenvalue weighted by molar-refractivity contribution is 6.30. The number of carbonyl (C=O) groups is 2. The molecule has 0 spiro atoms. The van der Waals surface area contributed by atoms with E-state index in [-0.39, 0.29) is 12.5 Å². The SMILES string of the molecule is COc1ccc(NC(=O)COc2ccc(Cl)cc2C=O)cc1. The molecule has 6 heteroatoms. The van der Waals surface area contributed by atoms with Crippen molar-refractivity contribution in [1.29, 1.82) is 0 Å². The Balaban J connectivity index is 1.93. The van der Waals surface area contributed by atoms with Crippen LogP contribution in [0.3, 0.4) is 0 Å². The lowest BCUT2D eigenvalue weighted by Crippen LogP contribution is -2.20. The lowest BCUT2D eigenvalue weighted by atomic mass is 10.2. The van der Waals surface area contributed by atoms with E-state index in [1.54, 1.807) is 43.5 Å². The molecule has 0 atom stereocenters. The van der Waals surface area contributed by atoms with Gasteiger partial charge in [-0.2, -0.15) is 0 Å². The van der Waals surface area contributed by atoms with E-state index < -0.39 is 0 Å². The van der Waals surface area contributed by atoms with Crippen molar-refractivity contribution in [3.63, 3.8) is 0 Å². The highest BCUT2D eigenvalue weighted by atomic mass is 35.5. The summed E-state index contributed by atoms with van der Waals surface area (Å²) in [6.45, 7) is -0.214. The predicted octanol–water partition coefficient (Wildman–Crippen LogP) is 3.18. The van der Waals surface area contributed by atoms with E-state index in [9.17, 15) is 9.59 Å². The van der Waals surface area contributed by atoms with Crippen LogP contribution < -0.4 is 14.8 Å². The third-order valence-electron chi connectivity index (χ3n) is 2.83. The average Bonchev–Trinajstić information content (AvgIpc) is 2.54. The van der Waals surface area contributed by atoms with Gasteiger partial charge in [-0.25, -0.2) is 0 Å². The van der Waals surface area contributed by atoms with Crippen LogP contribution >= 0.6 is 11.6 Å². The Morgan fingerprint density at radius 1 is 1.23 bits per heavy atom. The fourth-order valence-electron chi connectivity index (χ4n) is 1.76. The van der Waals surface area contributed by atoms with Gasteiger partial charge in [-0.1, -0.05) is 11.6 Å². The number of hydrogen-bond acceptors (Lipinski definition) is 4. The molecule has 0 saturated carbocycles. The van der Waals surface area contributed by atoms with Gasteiger partial charge in [0, 0.05) is 10.7 Å². The van der Waals surface area contributed by atoms with Crippen LogP contribution in [-0.2, 0) is 4.79 Å². The molecule has 2 aromatic carbocycles. The van der Waals surface area contributed by atoms with Crippen LogP contribution in [0.4, 0.5) is 5.69 Å². The standard InChI is InChI=1S/C16H14ClNO4/c1-21-14-5-3-13(4-6-14)18-16(20)10-22-15-7-2-12(17)8-11(15)9-19/h2-9H,10H2,1H3,(H,18,20). The maximum absolute atomic E-state index is 11.8. The zero-order valence-electron chi connectivity index (χ0n) is 11.8. The molecule has 5 nitrogen and oxygen atoms in total. The zero-order chi connectivity index (χ0) is 15.9. The second-order valence-electron chi connectivity index (χ2n) is 4.37. The van der Waals surface area contributed by atoms with Crippen molar-refractivity contribution in [1.82, 2.24) is 0 Å². The van der Waals surface area contributed by atoms with E-state index in [1.807, 2.05) is 0 Å². The number of carbonyl (C=O) groups excluding carboxylic acids is 2. The van der Waals surface area contributed by atoms with Crippen LogP contribution in [-0.4, -0.2) is 25.9 Å². The monoisotopic (exact) mass is 319 g/mol. The first-order chi connectivity index (χ1) is 10.6. The number of hydrogen-bond donors (Lipinski definition) is 1. The molecule has 1 N–H and O–H groups in total. The third kappa shape index (κ3) is 4.23. The van der Waals surface area contributed by atoms with E-state index in [1.165, 1.54) is 6.07 Å². The first-order valence-corrected chi connectivity index (χ1v) is 6.81. The first-order valence-electron chi connectivity index (χ1n) is 6.44. The molecule has 0 aliphatic heterocycles. The van der Waals surface area contributed by atoms with Crippen molar-refractivity contribution >= 4 is 29.5 Å². The molecule has 0 heterocycles. The number of anilines is 1. The summed E-state index contributed by atoms with van der Waals surface area (Å²) in [5, 5.41) is 3.11. The van der Waals surface area contributed by atoms with Gasteiger partial charge in [0.1, 0.15) is 11.5 Å². The maximum Gasteiger partial charge on any atom is 0.262 e. The Bertz CT molecular complexity index is 670. The topological polar surface area (TPSA) is 64.6 Å². The van der Waals surface area contributed by atoms with E-state index in [0.717, 1.165) is 0 Å². The number of amides is 1. The number of aldehydes is 1. The van der Waals surface area contributed by atoms with Crippen molar-refractivity contribution < 1.29 is 19.1 Å². The third-order valence-corrected chi connectivity index (χ3v) is 3.07. The van der Waals surface area contributed by atoms with E-state index >= 15 is 0 Å². The van der Waals surface area contributed by atoms with Gasteiger partial charge in [-0.05, 0) is 42.5 Å². The molecule has 0 radical (unpaired) electrons. The minimum absolute atomic E-state index is 0.214. The van der Waals surface area contributed by atoms with Gasteiger partial charge in [0.2, 0.25) is 0 Å². The van der Waals surface area contributed by atoms with Gasteiger partial charge in [-0.3, -0.25) is 9.59 Å². The smallest absolute Gasteiger partial charge is 0.262 e. The molecule has 0 bridgehead atoms. The largest absolute Gasteiger partial charge is 0.497 e. The number of ether oxygens (including phenoxy) is 2. The van der Waals surface area contributed by atoms with Gasteiger partial charge in [0.25, 0.3) is 5.91 Å². The van der Waals surface area contributed by atoms with Crippen LogP contribution in [0.2, 0.25) is 5.02 Å². The van der Waals surface area contributed by atoms with Crippen molar-refractivity contribution in [3.8, 4) is 11.5 Å². The van der Waals surface area contributed by atoms with Crippen LogP contribution in [0, 0.1) is 0 Å². The van der Waals surface area contributed by atoms with Crippen molar-refractivity contribution in [2.45, 2.75) is 0 Å². The second kappa shape index (κ2) is 7.47. The molecular formula is C16H14ClNO4. The highest BCUT2D eigenvalue weighted by Gasteiger charge is 2.08. The van der Waals surface area contributed by atoms with Crippen molar-refractivity contribution in [3.05, 3.63) is 53.1 Å². The van der Waals surface area contributed by atoms with Gasteiger partial charge < -0.3 is 14.8 Å². The van der Waals surface area contributed by atoms with Gasteiger partial charge in [0.05, 0.1) is 12.7 Å². The Labute approximate surface area is 132 Å². The highest BCUT2D eigenvalue weighted by Crippen LogP contribution is 2.21. The summed E-state index contributed by atoms with van der Waals surface area (Å²) in [6.07, 6.45) is 0.628. The Morgan fingerprint density at radius 2 is 1.95 bits per heavy atom.